The van der Waals surface area contributed by atoms with Crippen LogP contribution in [0.2, 0.25) is 0 Å². The minimum Gasteiger partial charge on any atom is -0.466 e. The number of ether oxygens (including phenoxy) is 1. The van der Waals surface area contributed by atoms with Crippen LogP contribution in [0.5, 0.6) is 0 Å². The van der Waals surface area contributed by atoms with Gasteiger partial charge in [0.25, 0.3) is 0 Å². The third-order valence-electron chi connectivity index (χ3n) is 2.90. The smallest absolute Gasteiger partial charge is 0.306 e. The summed E-state index contributed by atoms with van der Waals surface area (Å²) >= 11 is 0. The summed E-state index contributed by atoms with van der Waals surface area (Å²) in [4.78, 5) is 11.4. The van der Waals surface area contributed by atoms with Gasteiger partial charge in [0.05, 0.1) is 6.61 Å². The Morgan fingerprint density at radius 1 is 1.21 bits per heavy atom. The zero-order valence-electron chi connectivity index (χ0n) is 9.26. The molecule has 2 heteroatoms. The molecule has 1 aliphatic carbocycles. The van der Waals surface area contributed by atoms with Crippen LogP contribution in [-0.2, 0) is 9.53 Å². The van der Waals surface area contributed by atoms with Crippen LogP contribution in [0.3, 0.4) is 0 Å². The predicted molar refractivity (Wildman–Crippen MR) is 57.1 cm³/mol. The number of carbonyl (C=O) groups excluding carboxylic acids is 1. The van der Waals surface area contributed by atoms with Gasteiger partial charge in [-0.2, -0.15) is 0 Å². The molecule has 0 spiro atoms. The van der Waals surface area contributed by atoms with Crippen molar-refractivity contribution in [3.05, 3.63) is 0 Å². The Kier molecular flexibility index (Phi) is 5.65. The second kappa shape index (κ2) is 6.86. The summed E-state index contributed by atoms with van der Waals surface area (Å²) in [5.41, 5.74) is 0. The molecule has 0 amide bonds. The Labute approximate surface area is 87.0 Å². The van der Waals surface area contributed by atoms with Gasteiger partial charge in [0, 0.05) is 6.42 Å². The number of rotatable bonds is 4. The van der Waals surface area contributed by atoms with E-state index >= 15 is 0 Å². The molecule has 0 atom stereocenters. The fourth-order valence-corrected chi connectivity index (χ4v) is 2.08. The van der Waals surface area contributed by atoms with Crippen LogP contribution < -0.4 is 0 Å². The maximum atomic E-state index is 11.4. The molecule has 0 aromatic rings. The van der Waals surface area contributed by atoms with Crippen molar-refractivity contribution in [2.24, 2.45) is 5.92 Å². The van der Waals surface area contributed by atoms with Gasteiger partial charge in [-0.3, -0.25) is 4.79 Å². The van der Waals surface area contributed by atoms with E-state index in [4.69, 9.17) is 4.74 Å². The highest BCUT2D eigenvalue weighted by Gasteiger charge is 2.16. The Morgan fingerprint density at radius 2 is 1.86 bits per heavy atom. The first-order chi connectivity index (χ1) is 6.83. The molecule has 0 saturated heterocycles. The Morgan fingerprint density at radius 3 is 2.43 bits per heavy atom. The SMILES string of the molecule is CCCOC(=O)CC1CCCCCC1. The normalized spacial score (nSPS) is 18.9. The van der Waals surface area contributed by atoms with Gasteiger partial charge in [-0.05, 0) is 25.2 Å². The second-order valence-electron chi connectivity index (χ2n) is 4.28. The molecule has 0 N–H and O–H groups in total. The molecule has 0 heterocycles. The van der Waals surface area contributed by atoms with Crippen molar-refractivity contribution in [2.45, 2.75) is 58.3 Å². The van der Waals surface area contributed by atoms with Crippen LogP contribution in [0.4, 0.5) is 0 Å². The van der Waals surface area contributed by atoms with Crippen LogP contribution in [-0.4, -0.2) is 12.6 Å². The molecule has 1 rings (SSSR count). The van der Waals surface area contributed by atoms with Crippen molar-refractivity contribution in [2.75, 3.05) is 6.61 Å². The minimum absolute atomic E-state index is 0.0127. The maximum Gasteiger partial charge on any atom is 0.306 e. The molecular formula is C12H22O2. The van der Waals surface area contributed by atoms with Gasteiger partial charge in [-0.25, -0.2) is 0 Å². The van der Waals surface area contributed by atoms with Crippen LogP contribution in [0, 0.1) is 5.92 Å². The van der Waals surface area contributed by atoms with E-state index in [0.717, 1.165) is 6.42 Å². The summed E-state index contributed by atoms with van der Waals surface area (Å²) < 4.78 is 5.10. The van der Waals surface area contributed by atoms with Crippen molar-refractivity contribution < 1.29 is 9.53 Å². The number of hydrogen-bond acceptors (Lipinski definition) is 2. The van der Waals surface area contributed by atoms with E-state index in [2.05, 4.69) is 0 Å². The molecule has 0 aliphatic heterocycles. The van der Waals surface area contributed by atoms with E-state index in [1.165, 1.54) is 38.5 Å². The highest BCUT2D eigenvalue weighted by Crippen LogP contribution is 2.25. The lowest BCUT2D eigenvalue weighted by Crippen LogP contribution is -2.11. The van der Waals surface area contributed by atoms with Crippen LogP contribution in [0.15, 0.2) is 0 Å². The molecule has 0 unspecified atom stereocenters. The van der Waals surface area contributed by atoms with Gasteiger partial charge >= 0.3 is 5.97 Å². The fraction of sp³-hybridized carbons (Fsp3) is 0.917. The fourth-order valence-electron chi connectivity index (χ4n) is 2.08. The average molecular weight is 198 g/mol. The lowest BCUT2D eigenvalue weighted by atomic mass is 9.97. The topological polar surface area (TPSA) is 26.3 Å². The van der Waals surface area contributed by atoms with E-state index in [-0.39, 0.29) is 5.97 Å². The van der Waals surface area contributed by atoms with Crippen molar-refractivity contribution in [1.29, 1.82) is 0 Å². The van der Waals surface area contributed by atoms with E-state index in [0.29, 0.717) is 18.9 Å². The van der Waals surface area contributed by atoms with Gasteiger partial charge in [0.15, 0.2) is 0 Å². The molecule has 1 saturated carbocycles. The van der Waals surface area contributed by atoms with E-state index in [9.17, 15) is 4.79 Å². The number of esters is 1. The van der Waals surface area contributed by atoms with Crippen molar-refractivity contribution in [3.63, 3.8) is 0 Å². The Balaban J connectivity index is 2.17. The van der Waals surface area contributed by atoms with Crippen molar-refractivity contribution in [1.82, 2.24) is 0 Å². The maximum absolute atomic E-state index is 11.4. The predicted octanol–water partition coefficient (Wildman–Crippen LogP) is 3.30. The van der Waals surface area contributed by atoms with Gasteiger partial charge in [-0.15, -0.1) is 0 Å². The lowest BCUT2D eigenvalue weighted by Gasteiger charge is -2.12. The molecule has 2 nitrogen and oxygen atoms in total. The Hall–Kier alpha value is -0.530. The zero-order chi connectivity index (χ0) is 10.2. The molecule has 82 valence electrons. The standard InChI is InChI=1S/C12H22O2/c1-2-9-14-12(13)10-11-7-5-3-4-6-8-11/h11H,2-10H2,1H3. The largest absolute Gasteiger partial charge is 0.466 e. The Bertz CT molecular complexity index is 158. The first kappa shape index (κ1) is 11.5. The van der Waals surface area contributed by atoms with Crippen LogP contribution in [0.1, 0.15) is 58.3 Å². The van der Waals surface area contributed by atoms with Gasteiger partial charge in [0.1, 0.15) is 0 Å². The third-order valence-corrected chi connectivity index (χ3v) is 2.90. The van der Waals surface area contributed by atoms with E-state index in [1.807, 2.05) is 6.92 Å². The van der Waals surface area contributed by atoms with Gasteiger partial charge in [0.2, 0.25) is 0 Å². The highest BCUT2D eigenvalue weighted by atomic mass is 16.5. The first-order valence-corrected chi connectivity index (χ1v) is 5.98. The van der Waals surface area contributed by atoms with Crippen molar-refractivity contribution >= 4 is 5.97 Å². The molecule has 0 bridgehead atoms. The van der Waals surface area contributed by atoms with Crippen molar-refractivity contribution in [3.8, 4) is 0 Å². The molecular weight excluding hydrogens is 176 g/mol. The van der Waals surface area contributed by atoms with E-state index in [1.54, 1.807) is 0 Å². The summed E-state index contributed by atoms with van der Waals surface area (Å²) in [5.74, 6) is 0.612. The average Bonchev–Trinajstić information content (AvgIpc) is 2.43. The molecule has 0 aromatic heterocycles. The minimum atomic E-state index is 0.0127. The van der Waals surface area contributed by atoms with Gasteiger partial charge in [-0.1, -0.05) is 32.6 Å². The first-order valence-electron chi connectivity index (χ1n) is 5.98. The number of hydrogen-bond donors (Lipinski definition) is 0. The summed E-state index contributed by atoms with van der Waals surface area (Å²) in [6.45, 7) is 2.62. The molecule has 1 fully saturated rings. The van der Waals surface area contributed by atoms with Crippen LogP contribution in [0.25, 0.3) is 0 Å². The third kappa shape index (κ3) is 4.64. The zero-order valence-corrected chi connectivity index (χ0v) is 9.26. The summed E-state index contributed by atoms with van der Waals surface area (Å²) in [5, 5.41) is 0. The quantitative estimate of drug-likeness (QED) is 0.512. The molecule has 1 aliphatic rings. The summed E-state index contributed by atoms with van der Waals surface area (Å²) in [6.07, 6.45) is 9.32. The molecule has 14 heavy (non-hydrogen) atoms. The van der Waals surface area contributed by atoms with E-state index < -0.39 is 0 Å². The molecule has 0 radical (unpaired) electrons. The number of carbonyl (C=O) groups is 1. The van der Waals surface area contributed by atoms with Crippen LogP contribution >= 0.6 is 0 Å². The summed E-state index contributed by atoms with van der Waals surface area (Å²) in [6, 6.07) is 0. The lowest BCUT2D eigenvalue weighted by molar-refractivity contribution is -0.144. The second-order valence-corrected chi connectivity index (χ2v) is 4.28. The summed E-state index contributed by atoms with van der Waals surface area (Å²) in [7, 11) is 0. The highest BCUT2D eigenvalue weighted by molar-refractivity contribution is 5.69. The van der Waals surface area contributed by atoms with Gasteiger partial charge < -0.3 is 4.74 Å². The molecule has 0 aromatic carbocycles. The monoisotopic (exact) mass is 198 g/mol.